The second-order valence-electron chi connectivity index (χ2n) is 6.00. The molecule has 122 valence electrons. The van der Waals surface area contributed by atoms with Gasteiger partial charge in [0.25, 0.3) is 0 Å². The van der Waals surface area contributed by atoms with Crippen LogP contribution in [0.25, 0.3) is 11.4 Å². The first-order chi connectivity index (χ1) is 11.6. The van der Waals surface area contributed by atoms with Gasteiger partial charge in [0.15, 0.2) is 11.0 Å². The van der Waals surface area contributed by atoms with Gasteiger partial charge in [0.1, 0.15) is 16.0 Å². The second-order valence-corrected chi connectivity index (χ2v) is 7.37. The molecule has 0 bridgehead atoms. The molecule has 0 aliphatic heterocycles. The summed E-state index contributed by atoms with van der Waals surface area (Å²) >= 11 is 7.60. The van der Waals surface area contributed by atoms with Crippen LogP contribution < -0.4 is 0 Å². The third-order valence-electron chi connectivity index (χ3n) is 3.94. The third-order valence-corrected chi connectivity index (χ3v) is 5.09. The highest BCUT2D eigenvalue weighted by Crippen LogP contribution is 2.39. The highest BCUT2D eigenvalue weighted by molar-refractivity contribution is 7.99. The average Bonchev–Trinajstić information content (AvgIpc) is 3.33. The molecule has 5 nitrogen and oxygen atoms in total. The molecular formula is C17H16ClN5S. The van der Waals surface area contributed by atoms with Crippen LogP contribution in [0.5, 0.6) is 0 Å². The minimum absolute atomic E-state index is 0.463. The molecule has 2 aromatic heterocycles. The smallest absolute Gasteiger partial charge is 0.197 e. The van der Waals surface area contributed by atoms with Gasteiger partial charge >= 0.3 is 0 Å². The van der Waals surface area contributed by atoms with Gasteiger partial charge in [-0.2, -0.15) is 0 Å². The Hall–Kier alpha value is -1.92. The standard InChI is InChI=1S/C17H16ClN5S/c1-10-4-3-5-12(8-10)16-21-22-17(23(16)2)24-14-9-13(18)19-15(20-14)11-6-7-11/h3-5,8-9,11H,6-7H2,1-2H3. The van der Waals surface area contributed by atoms with Gasteiger partial charge in [-0.15, -0.1) is 10.2 Å². The van der Waals surface area contributed by atoms with Crippen LogP contribution in [0.15, 0.2) is 40.5 Å². The number of aromatic nitrogens is 5. The molecule has 0 radical (unpaired) electrons. The Balaban J connectivity index is 1.64. The quantitative estimate of drug-likeness (QED) is 0.653. The lowest BCUT2D eigenvalue weighted by molar-refractivity contribution is 0.789. The van der Waals surface area contributed by atoms with E-state index in [1.54, 1.807) is 6.07 Å². The Labute approximate surface area is 149 Å². The van der Waals surface area contributed by atoms with Crippen molar-refractivity contribution in [1.29, 1.82) is 0 Å². The van der Waals surface area contributed by atoms with Crippen LogP contribution in [0.2, 0.25) is 5.15 Å². The summed E-state index contributed by atoms with van der Waals surface area (Å²) in [6.07, 6.45) is 2.29. The van der Waals surface area contributed by atoms with Crippen molar-refractivity contribution in [2.75, 3.05) is 0 Å². The Morgan fingerprint density at radius 1 is 1.17 bits per heavy atom. The molecule has 1 aliphatic carbocycles. The van der Waals surface area contributed by atoms with E-state index >= 15 is 0 Å². The van der Waals surface area contributed by atoms with Crippen LogP contribution in [0.1, 0.15) is 30.1 Å². The van der Waals surface area contributed by atoms with Gasteiger partial charge in [0.05, 0.1) is 0 Å². The molecule has 2 heterocycles. The summed E-state index contributed by atoms with van der Waals surface area (Å²) < 4.78 is 1.98. The molecule has 0 saturated heterocycles. The number of rotatable bonds is 4. The SMILES string of the molecule is Cc1cccc(-c2nnc(Sc3cc(Cl)nc(C4CC4)n3)n2C)c1. The summed E-state index contributed by atoms with van der Waals surface area (Å²) in [5.41, 5.74) is 2.25. The molecule has 1 fully saturated rings. The lowest BCUT2D eigenvalue weighted by atomic mass is 10.1. The van der Waals surface area contributed by atoms with Gasteiger partial charge in [0, 0.05) is 24.6 Å². The summed E-state index contributed by atoms with van der Waals surface area (Å²) in [6, 6.07) is 10.0. The van der Waals surface area contributed by atoms with Crippen LogP contribution >= 0.6 is 23.4 Å². The highest BCUT2D eigenvalue weighted by Gasteiger charge is 2.27. The number of aryl methyl sites for hydroxylation is 1. The summed E-state index contributed by atoms with van der Waals surface area (Å²) in [7, 11) is 1.96. The molecule has 4 rings (SSSR count). The van der Waals surface area contributed by atoms with Gasteiger partial charge in [-0.25, -0.2) is 9.97 Å². The minimum atomic E-state index is 0.463. The van der Waals surface area contributed by atoms with E-state index in [4.69, 9.17) is 11.6 Å². The summed E-state index contributed by atoms with van der Waals surface area (Å²) in [5.74, 6) is 2.14. The van der Waals surface area contributed by atoms with Crippen molar-refractivity contribution in [3.8, 4) is 11.4 Å². The van der Waals surface area contributed by atoms with E-state index in [2.05, 4.69) is 39.2 Å². The predicted molar refractivity (Wildman–Crippen MR) is 94.3 cm³/mol. The molecular weight excluding hydrogens is 342 g/mol. The second kappa shape index (κ2) is 6.18. The van der Waals surface area contributed by atoms with Crippen LogP contribution in [-0.2, 0) is 7.05 Å². The number of hydrogen-bond acceptors (Lipinski definition) is 5. The predicted octanol–water partition coefficient (Wildman–Crippen LogP) is 4.26. The molecule has 0 spiro atoms. The largest absolute Gasteiger partial charge is 0.305 e. The van der Waals surface area contributed by atoms with Crippen LogP contribution in [-0.4, -0.2) is 24.7 Å². The van der Waals surface area contributed by atoms with Crippen LogP contribution in [0.3, 0.4) is 0 Å². The van der Waals surface area contributed by atoms with E-state index in [-0.39, 0.29) is 0 Å². The Morgan fingerprint density at radius 2 is 2.00 bits per heavy atom. The molecule has 0 unspecified atom stereocenters. The molecule has 0 N–H and O–H groups in total. The first-order valence-electron chi connectivity index (χ1n) is 7.79. The van der Waals surface area contributed by atoms with Crippen molar-refractivity contribution < 1.29 is 0 Å². The van der Waals surface area contributed by atoms with E-state index in [1.807, 2.05) is 23.7 Å². The zero-order valence-electron chi connectivity index (χ0n) is 13.4. The van der Waals surface area contributed by atoms with E-state index < -0.39 is 0 Å². The van der Waals surface area contributed by atoms with E-state index in [0.717, 1.165) is 40.2 Å². The maximum atomic E-state index is 6.14. The van der Waals surface area contributed by atoms with Gasteiger partial charge in [-0.05, 0) is 37.6 Å². The summed E-state index contributed by atoms with van der Waals surface area (Å²) in [4.78, 5) is 8.93. The zero-order chi connectivity index (χ0) is 16.7. The fourth-order valence-corrected chi connectivity index (χ4v) is 3.58. The Bertz CT molecular complexity index is 904. The monoisotopic (exact) mass is 357 g/mol. The fourth-order valence-electron chi connectivity index (χ4n) is 2.52. The van der Waals surface area contributed by atoms with E-state index in [1.165, 1.54) is 17.3 Å². The molecule has 1 aliphatic rings. The Kier molecular flexibility index (Phi) is 4.02. The van der Waals surface area contributed by atoms with Crippen molar-refractivity contribution in [3.63, 3.8) is 0 Å². The van der Waals surface area contributed by atoms with E-state index in [9.17, 15) is 0 Å². The van der Waals surface area contributed by atoms with Crippen molar-refractivity contribution >= 4 is 23.4 Å². The van der Waals surface area contributed by atoms with Gasteiger partial charge < -0.3 is 4.57 Å². The summed E-state index contributed by atoms with van der Waals surface area (Å²) in [6.45, 7) is 2.07. The lowest BCUT2D eigenvalue weighted by Gasteiger charge is -2.05. The van der Waals surface area contributed by atoms with Crippen molar-refractivity contribution in [3.05, 3.63) is 46.9 Å². The zero-order valence-corrected chi connectivity index (χ0v) is 15.0. The fraction of sp³-hybridized carbons (Fsp3) is 0.294. The van der Waals surface area contributed by atoms with Gasteiger partial charge in [-0.3, -0.25) is 0 Å². The van der Waals surface area contributed by atoms with Crippen molar-refractivity contribution in [2.45, 2.75) is 35.9 Å². The molecule has 1 saturated carbocycles. The van der Waals surface area contributed by atoms with Gasteiger partial charge in [-0.1, -0.05) is 35.4 Å². The first-order valence-corrected chi connectivity index (χ1v) is 8.98. The molecule has 24 heavy (non-hydrogen) atoms. The van der Waals surface area contributed by atoms with E-state index in [0.29, 0.717) is 11.1 Å². The molecule has 0 atom stereocenters. The van der Waals surface area contributed by atoms with Crippen LogP contribution in [0.4, 0.5) is 0 Å². The summed E-state index contributed by atoms with van der Waals surface area (Å²) in [5, 5.41) is 10.7. The normalized spacial score (nSPS) is 14.1. The lowest BCUT2D eigenvalue weighted by Crippen LogP contribution is -1.97. The molecule has 7 heteroatoms. The maximum Gasteiger partial charge on any atom is 0.197 e. The minimum Gasteiger partial charge on any atom is -0.305 e. The van der Waals surface area contributed by atoms with Crippen LogP contribution in [0, 0.1) is 6.92 Å². The molecule has 3 aromatic rings. The average molecular weight is 358 g/mol. The number of halogens is 1. The first kappa shape index (κ1) is 15.6. The number of hydrogen-bond donors (Lipinski definition) is 0. The topological polar surface area (TPSA) is 56.5 Å². The Morgan fingerprint density at radius 3 is 2.75 bits per heavy atom. The van der Waals surface area contributed by atoms with Gasteiger partial charge in [0.2, 0.25) is 0 Å². The van der Waals surface area contributed by atoms with Crippen molar-refractivity contribution in [1.82, 2.24) is 24.7 Å². The third kappa shape index (κ3) is 3.16. The van der Waals surface area contributed by atoms with Crippen molar-refractivity contribution in [2.24, 2.45) is 7.05 Å². The molecule has 0 amide bonds. The highest BCUT2D eigenvalue weighted by atomic mass is 35.5. The number of nitrogens with zero attached hydrogens (tertiary/aromatic N) is 5. The maximum absolute atomic E-state index is 6.14. The number of benzene rings is 1. The molecule has 1 aromatic carbocycles.